The smallest absolute Gasteiger partial charge is 0.255 e. The van der Waals surface area contributed by atoms with E-state index >= 15 is 0 Å². The zero-order chi connectivity index (χ0) is 20.7. The van der Waals surface area contributed by atoms with Crippen molar-refractivity contribution in [3.63, 3.8) is 0 Å². The Morgan fingerprint density at radius 3 is 2.63 bits per heavy atom. The van der Waals surface area contributed by atoms with Crippen molar-refractivity contribution in [3.05, 3.63) is 72.4 Å². The van der Waals surface area contributed by atoms with Gasteiger partial charge in [-0.05, 0) is 37.7 Å². The van der Waals surface area contributed by atoms with Gasteiger partial charge in [-0.3, -0.25) is 19.5 Å². The summed E-state index contributed by atoms with van der Waals surface area (Å²) in [6, 6.07) is 19.5. The summed E-state index contributed by atoms with van der Waals surface area (Å²) in [4.78, 5) is 36.3. The molecule has 30 heavy (non-hydrogen) atoms. The maximum absolute atomic E-state index is 13.2. The Labute approximate surface area is 175 Å². The fraction of sp³-hybridized carbons (Fsp3) is 0.292. The fourth-order valence-corrected chi connectivity index (χ4v) is 4.64. The summed E-state index contributed by atoms with van der Waals surface area (Å²) in [7, 11) is 1.99. The van der Waals surface area contributed by atoms with Gasteiger partial charge < -0.3 is 9.80 Å². The Morgan fingerprint density at radius 1 is 1.03 bits per heavy atom. The molecule has 152 valence electrons. The molecule has 1 aromatic heterocycles. The third-order valence-electron chi connectivity index (χ3n) is 6.46. The van der Waals surface area contributed by atoms with Crippen LogP contribution < -0.4 is 4.90 Å². The van der Waals surface area contributed by atoms with Crippen LogP contribution in [-0.4, -0.2) is 65.4 Å². The van der Waals surface area contributed by atoms with Crippen LogP contribution in [0.4, 0.5) is 5.69 Å². The van der Waals surface area contributed by atoms with E-state index < -0.39 is 0 Å². The minimum Gasteiger partial charge on any atom is -0.337 e. The number of rotatable bonds is 2. The molecule has 2 amide bonds. The summed E-state index contributed by atoms with van der Waals surface area (Å²) in [5.41, 5.74) is 2.18. The van der Waals surface area contributed by atoms with Crippen molar-refractivity contribution in [2.75, 3.05) is 38.1 Å². The van der Waals surface area contributed by atoms with E-state index in [0.717, 1.165) is 23.0 Å². The van der Waals surface area contributed by atoms with E-state index in [1.807, 2.05) is 77.5 Å². The van der Waals surface area contributed by atoms with Crippen LogP contribution in [0.15, 0.2) is 66.9 Å². The van der Waals surface area contributed by atoms with Crippen molar-refractivity contribution in [2.24, 2.45) is 0 Å². The summed E-state index contributed by atoms with van der Waals surface area (Å²) >= 11 is 0. The van der Waals surface area contributed by atoms with E-state index in [0.29, 0.717) is 31.7 Å². The lowest BCUT2D eigenvalue weighted by molar-refractivity contribution is -0.123. The van der Waals surface area contributed by atoms with Crippen LogP contribution in [0.1, 0.15) is 16.8 Å². The number of hydrogen-bond acceptors (Lipinski definition) is 4. The third kappa shape index (κ3) is 3.13. The highest BCUT2D eigenvalue weighted by Crippen LogP contribution is 2.34. The quantitative estimate of drug-likeness (QED) is 0.664. The number of fused-ring (bicyclic) bond motifs is 1. The van der Waals surface area contributed by atoms with Gasteiger partial charge in [0.25, 0.3) is 5.91 Å². The van der Waals surface area contributed by atoms with Gasteiger partial charge in [-0.15, -0.1) is 0 Å². The number of likely N-dealkylation sites (tertiary alicyclic amines) is 1. The number of amides is 2. The molecule has 5 rings (SSSR count). The van der Waals surface area contributed by atoms with Crippen molar-refractivity contribution in [3.8, 4) is 0 Å². The molecule has 0 radical (unpaired) electrons. The Morgan fingerprint density at radius 2 is 1.80 bits per heavy atom. The number of benzene rings is 2. The molecule has 0 N–H and O–H groups in total. The molecule has 6 heteroatoms. The molecule has 2 aliphatic heterocycles. The van der Waals surface area contributed by atoms with Crippen molar-refractivity contribution < 1.29 is 9.59 Å². The van der Waals surface area contributed by atoms with Crippen molar-refractivity contribution >= 4 is 28.4 Å². The zero-order valence-corrected chi connectivity index (χ0v) is 17.0. The molecule has 2 saturated heterocycles. The molecule has 0 saturated carbocycles. The van der Waals surface area contributed by atoms with Gasteiger partial charge in [0.1, 0.15) is 0 Å². The fourth-order valence-electron chi connectivity index (χ4n) is 4.64. The minimum absolute atomic E-state index is 0.00156. The second-order valence-electron chi connectivity index (χ2n) is 8.29. The summed E-state index contributed by atoms with van der Waals surface area (Å²) in [5.74, 6) is 0.0968. The van der Waals surface area contributed by atoms with Crippen LogP contribution >= 0.6 is 0 Å². The second-order valence-corrected chi connectivity index (χ2v) is 8.29. The number of para-hydroxylation sites is 2. The maximum Gasteiger partial charge on any atom is 0.255 e. The lowest BCUT2D eigenvalue weighted by Gasteiger charge is -2.46. The van der Waals surface area contributed by atoms with Gasteiger partial charge in [0, 0.05) is 36.9 Å². The summed E-state index contributed by atoms with van der Waals surface area (Å²) in [5, 5.41) is 0.966. The van der Waals surface area contributed by atoms with Crippen LogP contribution in [0.2, 0.25) is 0 Å². The maximum atomic E-state index is 13.2. The largest absolute Gasteiger partial charge is 0.337 e. The Kier molecular flexibility index (Phi) is 4.51. The van der Waals surface area contributed by atoms with E-state index in [-0.39, 0.29) is 17.4 Å². The van der Waals surface area contributed by atoms with Gasteiger partial charge in [0.2, 0.25) is 5.91 Å². The Bertz CT molecular complexity index is 1120. The standard InChI is InChI=1S/C24H24N4O2/c1-26-15-22(29)28(20-8-3-2-4-9-20)17-24(26)11-12-27(16-24)23(30)19-13-18-7-5-6-10-21(18)25-14-19/h2-10,13-14H,11-12,15-17H2,1H3. The molecule has 0 aliphatic carbocycles. The van der Waals surface area contributed by atoms with Gasteiger partial charge in [-0.2, -0.15) is 0 Å². The molecule has 1 unspecified atom stereocenters. The molecule has 1 spiro atoms. The van der Waals surface area contributed by atoms with Crippen LogP contribution in [0.5, 0.6) is 0 Å². The summed E-state index contributed by atoms with van der Waals surface area (Å²) in [6.45, 7) is 2.22. The van der Waals surface area contributed by atoms with Gasteiger partial charge in [-0.1, -0.05) is 36.4 Å². The SMILES string of the molecule is CN1CC(=O)N(c2ccccc2)CC12CCN(C(=O)c1cnc3ccccc3c1)C2. The third-order valence-corrected chi connectivity index (χ3v) is 6.46. The molecular weight excluding hydrogens is 376 g/mol. The Hall–Kier alpha value is -3.25. The molecule has 6 nitrogen and oxygen atoms in total. The predicted molar refractivity (Wildman–Crippen MR) is 116 cm³/mol. The van der Waals surface area contributed by atoms with Gasteiger partial charge in [-0.25, -0.2) is 0 Å². The van der Waals surface area contributed by atoms with Gasteiger partial charge in [0.15, 0.2) is 0 Å². The molecular formula is C24H24N4O2. The van der Waals surface area contributed by atoms with Crippen molar-refractivity contribution in [1.82, 2.24) is 14.8 Å². The number of hydrogen-bond donors (Lipinski definition) is 0. The number of nitrogens with zero attached hydrogens (tertiary/aromatic N) is 4. The van der Waals surface area contributed by atoms with Crippen LogP contribution in [0.3, 0.4) is 0 Å². The highest BCUT2D eigenvalue weighted by atomic mass is 16.2. The molecule has 0 bridgehead atoms. The molecule has 3 aromatic rings. The molecule has 2 aromatic carbocycles. The predicted octanol–water partition coefficient (Wildman–Crippen LogP) is 2.80. The number of pyridine rings is 1. The normalized spacial score (nSPS) is 22.2. The summed E-state index contributed by atoms with van der Waals surface area (Å²) in [6.07, 6.45) is 2.51. The molecule has 2 fully saturated rings. The van der Waals surface area contributed by atoms with Crippen molar-refractivity contribution in [2.45, 2.75) is 12.0 Å². The van der Waals surface area contributed by atoms with Crippen molar-refractivity contribution in [1.29, 1.82) is 0 Å². The lowest BCUT2D eigenvalue weighted by Crippen LogP contribution is -2.64. The topological polar surface area (TPSA) is 56.8 Å². The first kappa shape index (κ1) is 18.8. The van der Waals surface area contributed by atoms with Crippen LogP contribution in [-0.2, 0) is 4.79 Å². The van der Waals surface area contributed by atoms with E-state index in [4.69, 9.17) is 0 Å². The molecule has 1 atom stereocenters. The minimum atomic E-state index is -0.232. The monoisotopic (exact) mass is 400 g/mol. The zero-order valence-electron chi connectivity index (χ0n) is 17.0. The highest BCUT2D eigenvalue weighted by molar-refractivity contribution is 5.98. The Balaban J connectivity index is 1.39. The van der Waals surface area contributed by atoms with E-state index in [1.165, 1.54) is 0 Å². The second kappa shape index (κ2) is 7.22. The average Bonchev–Trinajstić information content (AvgIpc) is 3.21. The number of carbonyl (C=O) groups excluding carboxylic acids is 2. The van der Waals surface area contributed by atoms with E-state index in [9.17, 15) is 9.59 Å². The first-order valence-corrected chi connectivity index (χ1v) is 10.3. The van der Waals surface area contributed by atoms with E-state index in [2.05, 4.69) is 9.88 Å². The lowest BCUT2D eigenvalue weighted by atomic mass is 9.92. The number of aromatic nitrogens is 1. The van der Waals surface area contributed by atoms with Gasteiger partial charge in [0.05, 0.1) is 23.2 Å². The molecule has 2 aliphatic rings. The average molecular weight is 400 g/mol. The number of carbonyl (C=O) groups is 2. The van der Waals surface area contributed by atoms with Crippen LogP contribution in [0.25, 0.3) is 10.9 Å². The van der Waals surface area contributed by atoms with Crippen LogP contribution in [0, 0.1) is 0 Å². The van der Waals surface area contributed by atoms with Gasteiger partial charge >= 0.3 is 0 Å². The number of anilines is 1. The highest BCUT2D eigenvalue weighted by Gasteiger charge is 2.48. The molecule has 3 heterocycles. The number of piperazine rings is 1. The van der Waals surface area contributed by atoms with E-state index in [1.54, 1.807) is 6.20 Å². The number of likely N-dealkylation sites (N-methyl/N-ethyl adjacent to an activating group) is 1. The summed E-state index contributed by atoms with van der Waals surface area (Å²) < 4.78 is 0. The first-order valence-electron chi connectivity index (χ1n) is 10.3. The first-order chi connectivity index (χ1) is 14.6.